The van der Waals surface area contributed by atoms with E-state index in [-0.39, 0.29) is 11.9 Å². The van der Waals surface area contributed by atoms with Crippen LogP contribution >= 0.6 is 11.3 Å². The Kier molecular flexibility index (Phi) is 4.74. The van der Waals surface area contributed by atoms with E-state index in [2.05, 4.69) is 27.1 Å². The van der Waals surface area contributed by atoms with Gasteiger partial charge in [-0.15, -0.1) is 0 Å². The second kappa shape index (κ2) is 6.52. The third-order valence-corrected chi connectivity index (χ3v) is 3.79. The van der Waals surface area contributed by atoms with Crippen molar-refractivity contribution in [1.82, 2.24) is 10.3 Å². The summed E-state index contributed by atoms with van der Waals surface area (Å²) < 4.78 is 0. The van der Waals surface area contributed by atoms with Crippen molar-refractivity contribution in [3.63, 3.8) is 0 Å². The highest BCUT2D eigenvalue weighted by Gasteiger charge is 2.14. The van der Waals surface area contributed by atoms with Crippen molar-refractivity contribution in [3.8, 4) is 0 Å². The number of carbonyl (C=O) groups is 1. The molecule has 4 nitrogen and oxygen atoms in total. The molecule has 2 rings (SSSR count). The molecule has 0 saturated heterocycles. The third-order valence-electron chi connectivity index (χ3n) is 3.05. The Balaban J connectivity index is 2.04. The van der Waals surface area contributed by atoms with Gasteiger partial charge in [0.25, 0.3) is 5.91 Å². The Labute approximate surface area is 123 Å². The molecule has 0 bridgehead atoms. The number of rotatable bonds is 5. The predicted octanol–water partition coefficient (Wildman–Crippen LogP) is 2.85. The summed E-state index contributed by atoms with van der Waals surface area (Å²) in [4.78, 5) is 16.5. The van der Waals surface area contributed by atoms with Crippen LogP contribution in [0, 0.1) is 6.92 Å². The molecule has 1 amide bonds. The molecule has 2 N–H and O–H groups in total. The number of aryl methyl sites for hydroxylation is 1. The Hall–Kier alpha value is -1.88. The first-order chi connectivity index (χ1) is 9.60. The molecule has 2 heterocycles. The maximum Gasteiger partial charge on any atom is 0.255 e. The van der Waals surface area contributed by atoms with Gasteiger partial charge in [-0.3, -0.25) is 9.78 Å². The molecule has 0 fully saturated rings. The highest BCUT2D eigenvalue weighted by Crippen LogP contribution is 2.15. The number of anilines is 1. The molecule has 0 saturated carbocycles. The zero-order valence-electron chi connectivity index (χ0n) is 11.9. The molecule has 0 spiro atoms. The van der Waals surface area contributed by atoms with Crippen molar-refractivity contribution in [2.24, 2.45) is 0 Å². The minimum atomic E-state index is -0.0930. The lowest BCUT2D eigenvalue weighted by atomic mass is 10.1. The van der Waals surface area contributed by atoms with Crippen molar-refractivity contribution in [1.29, 1.82) is 0 Å². The van der Waals surface area contributed by atoms with E-state index in [1.807, 2.05) is 25.3 Å². The third kappa shape index (κ3) is 3.57. The Morgan fingerprint density at radius 1 is 1.50 bits per heavy atom. The van der Waals surface area contributed by atoms with E-state index in [9.17, 15) is 4.79 Å². The van der Waals surface area contributed by atoms with Crippen LogP contribution in [0.5, 0.6) is 0 Å². The van der Waals surface area contributed by atoms with Crippen LogP contribution in [0.1, 0.15) is 28.5 Å². The molecular weight excluding hydrogens is 270 g/mol. The molecule has 20 heavy (non-hydrogen) atoms. The van der Waals surface area contributed by atoms with E-state index in [1.165, 1.54) is 5.56 Å². The molecule has 0 aliphatic carbocycles. The van der Waals surface area contributed by atoms with E-state index in [1.54, 1.807) is 24.6 Å². The molecule has 2 aromatic heterocycles. The standard InChI is InChI=1S/C15H19N3OS/c1-10-7-14(16-3)13(8-17-10)15(19)18-11(2)6-12-4-5-20-9-12/h4-5,7-9,11H,6H2,1-3H3,(H,16,17)(H,18,19). The van der Waals surface area contributed by atoms with E-state index in [0.717, 1.165) is 17.8 Å². The van der Waals surface area contributed by atoms with Gasteiger partial charge in [0, 0.05) is 25.0 Å². The summed E-state index contributed by atoms with van der Waals surface area (Å²) in [7, 11) is 1.81. The number of carbonyl (C=O) groups excluding carboxylic acids is 1. The van der Waals surface area contributed by atoms with Crippen LogP contribution in [0.3, 0.4) is 0 Å². The molecule has 106 valence electrons. The highest BCUT2D eigenvalue weighted by molar-refractivity contribution is 7.07. The molecule has 0 aliphatic rings. The Bertz CT molecular complexity index is 581. The quantitative estimate of drug-likeness (QED) is 0.890. The number of nitrogens with zero attached hydrogens (tertiary/aromatic N) is 1. The van der Waals surface area contributed by atoms with Gasteiger partial charge in [0.1, 0.15) is 0 Å². The van der Waals surface area contributed by atoms with E-state index < -0.39 is 0 Å². The zero-order chi connectivity index (χ0) is 14.5. The highest BCUT2D eigenvalue weighted by atomic mass is 32.1. The lowest BCUT2D eigenvalue weighted by Crippen LogP contribution is -2.34. The van der Waals surface area contributed by atoms with Gasteiger partial charge < -0.3 is 10.6 Å². The smallest absolute Gasteiger partial charge is 0.255 e. The molecule has 0 aromatic carbocycles. The monoisotopic (exact) mass is 289 g/mol. The molecule has 1 unspecified atom stereocenters. The van der Waals surface area contributed by atoms with Gasteiger partial charge in [-0.1, -0.05) is 0 Å². The maximum absolute atomic E-state index is 12.3. The summed E-state index contributed by atoms with van der Waals surface area (Å²) in [6.07, 6.45) is 2.46. The molecular formula is C15H19N3OS. The second-order valence-corrected chi connectivity index (χ2v) is 5.61. The average Bonchev–Trinajstić information content (AvgIpc) is 2.90. The fourth-order valence-electron chi connectivity index (χ4n) is 2.06. The van der Waals surface area contributed by atoms with Gasteiger partial charge in [-0.05, 0) is 48.7 Å². The summed E-state index contributed by atoms with van der Waals surface area (Å²) in [6, 6.07) is 4.04. The molecule has 0 aliphatic heterocycles. The normalized spacial score (nSPS) is 11.9. The van der Waals surface area contributed by atoms with E-state index >= 15 is 0 Å². The first-order valence-corrected chi connectivity index (χ1v) is 7.50. The second-order valence-electron chi connectivity index (χ2n) is 4.83. The fourth-order valence-corrected chi connectivity index (χ4v) is 2.74. The fraction of sp³-hybridized carbons (Fsp3) is 0.333. The minimum Gasteiger partial charge on any atom is -0.387 e. The summed E-state index contributed by atoms with van der Waals surface area (Å²) in [5, 5.41) is 10.2. The van der Waals surface area contributed by atoms with Gasteiger partial charge in [-0.25, -0.2) is 0 Å². The first-order valence-electron chi connectivity index (χ1n) is 6.56. The molecule has 5 heteroatoms. The largest absolute Gasteiger partial charge is 0.387 e. The van der Waals surface area contributed by atoms with Crippen molar-refractivity contribution < 1.29 is 4.79 Å². The zero-order valence-corrected chi connectivity index (χ0v) is 12.8. The maximum atomic E-state index is 12.3. The van der Waals surface area contributed by atoms with Crippen LogP contribution in [-0.4, -0.2) is 24.0 Å². The van der Waals surface area contributed by atoms with Gasteiger partial charge in [0.2, 0.25) is 0 Å². The number of thiophene rings is 1. The lowest BCUT2D eigenvalue weighted by Gasteiger charge is -2.15. The van der Waals surface area contributed by atoms with E-state index in [4.69, 9.17) is 0 Å². The number of nitrogens with one attached hydrogen (secondary N) is 2. The van der Waals surface area contributed by atoms with Gasteiger partial charge in [-0.2, -0.15) is 11.3 Å². The number of hydrogen-bond donors (Lipinski definition) is 2. The summed E-state index contributed by atoms with van der Waals surface area (Å²) in [6.45, 7) is 3.91. The number of hydrogen-bond acceptors (Lipinski definition) is 4. The van der Waals surface area contributed by atoms with Gasteiger partial charge in [0.15, 0.2) is 0 Å². The number of pyridine rings is 1. The summed E-state index contributed by atoms with van der Waals surface area (Å²) in [5.74, 6) is -0.0930. The van der Waals surface area contributed by atoms with Crippen molar-refractivity contribution in [2.45, 2.75) is 26.3 Å². The van der Waals surface area contributed by atoms with Crippen LogP contribution in [0.4, 0.5) is 5.69 Å². The SMILES string of the molecule is CNc1cc(C)ncc1C(=O)NC(C)Cc1ccsc1. The summed E-state index contributed by atoms with van der Waals surface area (Å²) >= 11 is 1.67. The predicted molar refractivity (Wildman–Crippen MR) is 83.5 cm³/mol. The number of aromatic nitrogens is 1. The first kappa shape index (κ1) is 14.5. The number of amides is 1. The Morgan fingerprint density at radius 2 is 2.30 bits per heavy atom. The van der Waals surface area contributed by atoms with Crippen LogP contribution in [-0.2, 0) is 6.42 Å². The van der Waals surface area contributed by atoms with Crippen LogP contribution in [0.25, 0.3) is 0 Å². The van der Waals surface area contributed by atoms with Crippen LogP contribution in [0.2, 0.25) is 0 Å². The van der Waals surface area contributed by atoms with Gasteiger partial charge in [0.05, 0.1) is 11.3 Å². The average molecular weight is 289 g/mol. The topological polar surface area (TPSA) is 54.0 Å². The molecule has 0 radical (unpaired) electrons. The molecule has 1 atom stereocenters. The van der Waals surface area contributed by atoms with Crippen LogP contribution in [0.15, 0.2) is 29.1 Å². The minimum absolute atomic E-state index is 0.0862. The van der Waals surface area contributed by atoms with Crippen molar-refractivity contribution >= 4 is 22.9 Å². The Morgan fingerprint density at radius 3 is 2.95 bits per heavy atom. The molecule has 2 aromatic rings. The van der Waals surface area contributed by atoms with Crippen molar-refractivity contribution in [2.75, 3.05) is 12.4 Å². The van der Waals surface area contributed by atoms with Gasteiger partial charge >= 0.3 is 0 Å². The summed E-state index contributed by atoms with van der Waals surface area (Å²) in [5.41, 5.74) is 3.52. The van der Waals surface area contributed by atoms with E-state index in [0.29, 0.717) is 5.56 Å². The lowest BCUT2D eigenvalue weighted by molar-refractivity contribution is 0.0940. The van der Waals surface area contributed by atoms with Crippen molar-refractivity contribution in [3.05, 3.63) is 45.9 Å². The van der Waals surface area contributed by atoms with Crippen LogP contribution < -0.4 is 10.6 Å².